The summed E-state index contributed by atoms with van der Waals surface area (Å²) in [6.45, 7) is 40.2. The third-order valence-corrected chi connectivity index (χ3v) is 27.8. The SMILES string of the molecule is C[C@H](CO)CC[C@H](O[Si](C)(C)C(C)(C)C)[C@H](C)CCC(=O)CC[C@H](C)[C@@H](O[Si](C)(C)C(C)(C)C)[C@H](C)CCCO[Si](c1ccccc1)(c1ccccc1)C(C)(C)C. The van der Waals surface area contributed by atoms with Crippen LogP contribution in [0.3, 0.4) is 0 Å². The van der Waals surface area contributed by atoms with Gasteiger partial charge in [-0.1, -0.05) is 151 Å². The zero-order valence-corrected chi connectivity index (χ0v) is 42.9. The lowest BCUT2D eigenvalue weighted by Gasteiger charge is -2.44. The Hall–Kier alpha value is -1.40. The summed E-state index contributed by atoms with van der Waals surface area (Å²) in [5.74, 6) is 1.49. The Bertz CT molecular complexity index is 1400. The summed E-state index contributed by atoms with van der Waals surface area (Å²) < 4.78 is 21.5. The lowest BCUT2D eigenvalue weighted by molar-refractivity contribution is -0.120. The van der Waals surface area contributed by atoms with Crippen LogP contribution in [0.5, 0.6) is 0 Å². The van der Waals surface area contributed by atoms with Gasteiger partial charge >= 0.3 is 0 Å². The molecule has 57 heavy (non-hydrogen) atoms. The Morgan fingerprint density at radius 1 is 0.596 bits per heavy atom. The van der Waals surface area contributed by atoms with Crippen molar-refractivity contribution in [3.05, 3.63) is 60.7 Å². The fraction of sp³-hybridized carbons (Fsp3) is 0.735. The molecular weight excluding hydrogens is 753 g/mol. The highest BCUT2D eigenvalue weighted by Crippen LogP contribution is 2.42. The molecule has 0 aromatic heterocycles. The number of rotatable bonds is 24. The average molecular weight is 841 g/mol. The van der Waals surface area contributed by atoms with Gasteiger partial charge < -0.3 is 18.4 Å². The van der Waals surface area contributed by atoms with E-state index in [1.165, 1.54) is 10.4 Å². The van der Waals surface area contributed by atoms with E-state index in [-0.39, 0.29) is 51.7 Å². The molecule has 0 aliphatic carbocycles. The third-order valence-electron chi connectivity index (χ3n) is 13.8. The molecular formula is C49H88O5Si3. The van der Waals surface area contributed by atoms with Gasteiger partial charge in [-0.25, -0.2) is 0 Å². The summed E-state index contributed by atoms with van der Waals surface area (Å²) in [7, 11) is -6.65. The number of benzene rings is 2. The van der Waals surface area contributed by atoms with Gasteiger partial charge in [0.05, 0.1) is 6.10 Å². The highest BCUT2D eigenvalue weighted by Gasteiger charge is 2.50. The molecule has 0 radical (unpaired) electrons. The maximum absolute atomic E-state index is 13.6. The van der Waals surface area contributed by atoms with E-state index in [0.717, 1.165) is 38.5 Å². The third kappa shape index (κ3) is 14.9. The normalized spacial score (nSPS) is 16.8. The average Bonchev–Trinajstić information content (AvgIpc) is 3.12. The predicted octanol–water partition coefficient (Wildman–Crippen LogP) is 12.6. The second-order valence-electron chi connectivity index (χ2n) is 21.8. The zero-order chi connectivity index (χ0) is 43.5. The van der Waals surface area contributed by atoms with Crippen LogP contribution in [0.2, 0.25) is 41.3 Å². The van der Waals surface area contributed by atoms with E-state index < -0.39 is 25.0 Å². The van der Waals surface area contributed by atoms with Crippen molar-refractivity contribution < 1.29 is 23.2 Å². The molecule has 0 saturated carbocycles. The summed E-state index contributed by atoms with van der Waals surface area (Å²) >= 11 is 0. The first-order chi connectivity index (χ1) is 26.2. The van der Waals surface area contributed by atoms with E-state index in [4.69, 9.17) is 13.3 Å². The van der Waals surface area contributed by atoms with Gasteiger partial charge in [0.2, 0.25) is 0 Å². The topological polar surface area (TPSA) is 65.0 Å². The Kier molecular flexibility index (Phi) is 19.9. The maximum Gasteiger partial charge on any atom is 0.261 e. The number of carbonyl (C=O) groups excluding carboxylic acids is 1. The van der Waals surface area contributed by atoms with Crippen LogP contribution in [-0.2, 0) is 18.1 Å². The van der Waals surface area contributed by atoms with Crippen LogP contribution in [0.15, 0.2) is 60.7 Å². The molecule has 0 aliphatic rings. The van der Waals surface area contributed by atoms with Gasteiger partial charge in [-0.3, -0.25) is 4.79 Å². The van der Waals surface area contributed by atoms with Gasteiger partial charge in [-0.15, -0.1) is 0 Å². The van der Waals surface area contributed by atoms with Crippen LogP contribution >= 0.6 is 0 Å². The molecule has 8 heteroatoms. The van der Waals surface area contributed by atoms with Gasteiger partial charge in [0.1, 0.15) is 5.78 Å². The van der Waals surface area contributed by atoms with Gasteiger partial charge in [0.25, 0.3) is 8.32 Å². The van der Waals surface area contributed by atoms with Crippen LogP contribution in [0, 0.1) is 23.7 Å². The van der Waals surface area contributed by atoms with Crippen molar-refractivity contribution in [2.75, 3.05) is 13.2 Å². The fourth-order valence-electron chi connectivity index (χ4n) is 7.67. The van der Waals surface area contributed by atoms with Crippen molar-refractivity contribution in [1.29, 1.82) is 0 Å². The molecule has 2 aromatic rings. The molecule has 5 nitrogen and oxygen atoms in total. The molecule has 1 N–H and O–H groups in total. The van der Waals surface area contributed by atoms with E-state index in [2.05, 4.69) is 177 Å². The van der Waals surface area contributed by atoms with E-state index in [9.17, 15) is 9.90 Å². The van der Waals surface area contributed by atoms with Crippen molar-refractivity contribution in [3.63, 3.8) is 0 Å². The molecule has 0 heterocycles. The molecule has 0 unspecified atom stereocenters. The van der Waals surface area contributed by atoms with Crippen molar-refractivity contribution in [1.82, 2.24) is 0 Å². The Morgan fingerprint density at radius 3 is 1.47 bits per heavy atom. The number of hydrogen-bond acceptors (Lipinski definition) is 5. The summed E-state index contributed by atoms with van der Waals surface area (Å²) in [5, 5.41) is 12.5. The standard InChI is InChI=1S/C49H88O5Si3/c1-38(37-50)30-35-45(53-55(14,15)47(5,6)7)39(2)31-33-42(51)34-32-41(4)46(54-56(16,17)48(8,9)10)40(3)25-24-36-52-57(49(11,12)13,43-26-20-18-21-27-43)44-28-22-19-23-29-44/h18-23,26-29,38-41,45-46,50H,24-25,30-37H2,1-17H3/t38-,39+,40+,41-,45-,46-/m0/s1. The number of Topliss-reactive ketones (excluding diaryl/α,β-unsaturated/α-hetero) is 1. The minimum absolute atomic E-state index is 0.0503. The predicted molar refractivity (Wildman–Crippen MR) is 253 cm³/mol. The summed E-state index contributed by atoms with van der Waals surface area (Å²) in [6.07, 6.45) is 6.88. The smallest absolute Gasteiger partial charge is 0.261 e. The molecule has 0 aliphatic heterocycles. The molecule has 2 aromatic carbocycles. The van der Waals surface area contributed by atoms with Crippen LogP contribution in [0.4, 0.5) is 0 Å². The van der Waals surface area contributed by atoms with E-state index in [1.54, 1.807) is 0 Å². The van der Waals surface area contributed by atoms with Crippen molar-refractivity contribution in [3.8, 4) is 0 Å². The molecule has 0 amide bonds. The van der Waals surface area contributed by atoms with Gasteiger partial charge in [-0.05, 0) is 114 Å². The summed E-state index contributed by atoms with van der Waals surface area (Å²) in [4.78, 5) is 13.6. The summed E-state index contributed by atoms with van der Waals surface area (Å²) in [5.41, 5.74) is 0. The molecule has 0 saturated heterocycles. The van der Waals surface area contributed by atoms with E-state index in [0.29, 0.717) is 31.1 Å². The minimum Gasteiger partial charge on any atom is -0.414 e. The molecule has 326 valence electrons. The summed E-state index contributed by atoms with van der Waals surface area (Å²) in [6, 6.07) is 21.8. The molecule has 0 bridgehead atoms. The Balaban J connectivity index is 2.18. The largest absolute Gasteiger partial charge is 0.414 e. The lowest BCUT2D eigenvalue weighted by atomic mass is 9.86. The van der Waals surface area contributed by atoms with Gasteiger partial charge in [-0.2, -0.15) is 0 Å². The Labute approximate surface area is 355 Å². The number of carbonyl (C=O) groups is 1. The maximum atomic E-state index is 13.6. The molecule has 0 fully saturated rings. The van der Waals surface area contributed by atoms with Gasteiger partial charge in [0.15, 0.2) is 16.6 Å². The van der Waals surface area contributed by atoms with Crippen LogP contribution in [0.25, 0.3) is 0 Å². The number of hydrogen-bond donors (Lipinski definition) is 1. The first-order valence-electron chi connectivity index (χ1n) is 22.4. The monoisotopic (exact) mass is 841 g/mol. The number of aliphatic hydroxyl groups excluding tert-OH is 1. The zero-order valence-electron chi connectivity index (χ0n) is 39.9. The first kappa shape index (κ1) is 51.7. The van der Waals surface area contributed by atoms with E-state index in [1.807, 2.05) is 0 Å². The van der Waals surface area contributed by atoms with Crippen molar-refractivity contribution in [2.24, 2.45) is 23.7 Å². The van der Waals surface area contributed by atoms with Crippen LogP contribution < -0.4 is 10.4 Å². The molecule has 6 atom stereocenters. The van der Waals surface area contributed by atoms with Crippen LogP contribution in [0.1, 0.15) is 141 Å². The second kappa shape index (κ2) is 21.9. The van der Waals surface area contributed by atoms with Crippen molar-refractivity contribution >= 4 is 41.1 Å². The highest BCUT2D eigenvalue weighted by atomic mass is 28.4. The van der Waals surface area contributed by atoms with Crippen LogP contribution in [-0.4, -0.2) is 61.3 Å². The molecule has 2 rings (SSSR count). The van der Waals surface area contributed by atoms with E-state index >= 15 is 0 Å². The Morgan fingerprint density at radius 2 is 1.04 bits per heavy atom. The van der Waals surface area contributed by atoms with Gasteiger partial charge in [0, 0.05) is 32.2 Å². The highest BCUT2D eigenvalue weighted by molar-refractivity contribution is 6.99. The minimum atomic E-state index is -2.59. The molecule has 0 spiro atoms. The number of aliphatic hydroxyl groups is 1. The number of ketones is 1. The lowest BCUT2D eigenvalue weighted by Crippen LogP contribution is -2.66. The quantitative estimate of drug-likeness (QED) is 0.0842. The van der Waals surface area contributed by atoms with Crippen molar-refractivity contribution in [2.45, 2.75) is 195 Å². The second-order valence-corrected chi connectivity index (χ2v) is 35.6. The fourth-order valence-corrected chi connectivity index (χ4v) is 15.2. The first-order valence-corrected chi connectivity index (χ1v) is 30.2.